The van der Waals surface area contributed by atoms with Gasteiger partial charge in [0.1, 0.15) is 0 Å². The Morgan fingerprint density at radius 1 is 1.38 bits per heavy atom. The number of nitrogens with one attached hydrogen (secondary N) is 1. The lowest BCUT2D eigenvalue weighted by Gasteiger charge is -2.15. The molecule has 1 aliphatic carbocycles. The van der Waals surface area contributed by atoms with Gasteiger partial charge in [0.25, 0.3) is 0 Å². The molecule has 0 radical (unpaired) electrons. The fourth-order valence-corrected chi connectivity index (χ4v) is 2.20. The topological polar surface area (TPSA) is 55.1 Å². The van der Waals surface area contributed by atoms with Crippen molar-refractivity contribution in [2.45, 2.75) is 52.5 Å². The minimum atomic E-state index is 0.157. The molecular weight excluding hydrogens is 200 g/mol. The van der Waals surface area contributed by atoms with Crippen LogP contribution in [0.4, 0.5) is 0 Å². The lowest BCUT2D eigenvalue weighted by molar-refractivity contribution is -0.122. The maximum atomic E-state index is 11.6. The van der Waals surface area contributed by atoms with Crippen molar-refractivity contribution in [3.05, 3.63) is 0 Å². The van der Waals surface area contributed by atoms with E-state index in [1.807, 2.05) is 0 Å². The van der Waals surface area contributed by atoms with Gasteiger partial charge >= 0.3 is 0 Å². The highest BCUT2D eigenvalue weighted by Gasteiger charge is 2.28. The van der Waals surface area contributed by atoms with Gasteiger partial charge in [-0.15, -0.1) is 0 Å². The van der Waals surface area contributed by atoms with Crippen molar-refractivity contribution >= 4 is 5.91 Å². The summed E-state index contributed by atoms with van der Waals surface area (Å²) in [6.07, 6.45) is 4.22. The Balaban J connectivity index is 2.09. The lowest BCUT2D eigenvalue weighted by Crippen LogP contribution is -2.39. The average molecular weight is 226 g/mol. The van der Waals surface area contributed by atoms with E-state index < -0.39 is 0 Å². The SMILES string of the molecule is CC(C)CC(C)CC(=O)NCC(N)C1CC1. The molecule has 1 rings (SSSR count). The molecule has 2 unspecified atom stereocenters. The number of rotatable bonds is 7. The summed E-state index contributed by atoms with van der Waals surface area (Å²) >= 11 is 0. The van der Waals surface area contributed by atoms with Gasteiger partial charge < -0.3 is 11.1 Å². The van der Waals surface area contributed by atoms with Crippen LogP contribution in [-0.4, -0.2) is 18.5 Å². The largest absolute Gasteiger partial charge is 0.355 e. The van der Waals surface area contributed by atoms with Gasteiger partial charge in [-0.3, -0.25) is 4.79 Å². The van der Waals surface area contributed by atoms with Crippen LogP contribution in [0.25, 0.3) is 0 Å². The van der Waals surface area contributed by atoms with Crippen molar-refractivity contribution in [2.24, 2.45) is 23.5 Å². The van der Waals surface area contributed by atoms with E-state index >= 15 is 0 Å². The van der Waals surface area contributed by atoms with Gasteiger partial charge in [0.05, 0.1) is 0 Å². The molecule has 0 spiro atoms. The standard InChI is InChI=1S/C13H26N2O/c1-9(2)6-10(3)7-13(16)15-8-12(14)11-4-5-11/h9-12H,4-8,14H2,1-3H3,(H,15,16). The maximum Gasteiger partial charge on any atom is 0.220 e. The molecule has 16 heavy (non-hydrogen) atoms. The van der Waals surface area contributed by atoms with Crippen LogP contribution < -0.4 is 11.1 Å². The van der Waals surface area contributed by atoms with E-state index in [4.69, 9.17) is 5.73 Å². The van der Waals surface area contributed by atoms with Crippen molar-refractivity contribution in [1.29, 1.82) is 0 Å². The molecular formula is C13H26N2O. The summed E-state index contributed by atoms with van der Waals surface area (Å²) in [5.74, 6) is 1.95. The summed E-state index contributed by atoms with van der Waals surface area (Å²) in [5, 5.41) is 2.94. The highest BCUT2D eigenvalue weighted by atomic mass is 16.1. The molecule has 0 aromatic rings. The summed E-state index contributed by atoms with van der Waals surface area (Å²) in [5.41, 5.74) is 5.92. The lowest BCUT2D eigenvalue weighted by atomic mass is 9.96. The van der Waals surface area contributed by atoms with Gasteiger partial charge in [0.15, 0.2) is 0 Å². The molecule has 1 fully saturated rings. The Kier molecular flexibility index (Phi) is 5.26. The molecule has 3 heteroatoms. The molecule has 1 aliphatic rings. The number of amides is 1. The Bertz CT molecular complexity index is 224. The molecule has 0 aromatic heterocycles. The van der Waals surface area contributed by atoms with Crippen LogP contribution in [0.5, 0.6) is 0 Å². The Hall–Kier alpha value is -0.570. The average Bonchev–Trinajstić information content (AvgIpc) is 2.95. The van der Waals surface area contributed by atoms with Crippen molar-refractivity contribution in [3.8, 4) is 0 Å². The summed E-state index contributed by atoms with van der Waals surface area (Å²) in [7, 11) is 0. The molecule has 0 saturated heterocycles. The fourth-order valence-electron chi connectivity index (χ4n) is 2.20. The van der Waals surface area contributed by atoms with Crippen LogP contribution in [-0.2, 0) is 4.79 Å². The minimum Gasteiger partial charge on any atom is -0.355 e. The fraction of sp³-hybridized carbons (Fsp3) is 0.923. The van der Waals surface area contributed by atoms with Gasteiger partial charge in [-0.25, -0.2) is 0 Å². The van der Waals surface area contributed by atoms with Crippen LogP contribution in [0.1, 0.15) is 46.5 Å². The Morgan fingerprint density at radius 3 is 2.50 bits per heavy atom. The molecule has 0 heterocycles. The molecule has 0 bridgehead atoms. The van der Waals surface area contributed by atoms with Gasteiger partial charge in [-0.05, 0) is 37.0 Å². The monoisotopic (exact) mass is 226 g/mol. The van der Waals surface area contributed by atoms with Crippen LogP contribution in [0.15, 0.2) is 0 Å². The van der Waals surface area contributed by atoms with E-state index in [2.05, 4.69) is 26.1 Å². The summed E-state index contributed by atoms with van der Waals surface area (Å²) in [6.45, 7) is 7.17. The zero-order valence-corrected chi connectivity index (χ0v) is 10.8. The smallest absolute Gasteiger partial charge is 0.220 e. The van der Waals surface area contributed by atoms with Crippen LogP contribution in [0.2, 0.25) is 0 Å². The predicted molar refractivity (Wildman–Crippen MR) is 66.9 cm³/mol. The molecule has 0 aliphatic heterocycles. The van der Waals surface area contributed by atoms with Crippen molar-refractivity contribution in [3.63, 3.8) is 0 Å². The summed E-state index contributed by atoms with van der Waals surface area (Å²) < 4.78 is 0. The number of carbonyl (C=O) groups is 1. The van der Waals surface area contributed by atoms with Gasteiger partial charge in [-0.1, -0.05) is 20.8 Å². The zero-order valence-electron chi connectivity index (χ0n) is 10.8. The molecule has 1 saturated carbocycles. The highest BCUT2D eigenvalue weighted by Crippen LogP contribution is 2.31. The Labute approximate surface area is 99.2 Å². The van der Waals surface area contributed by atoms with Crippen LogP contribution in [0.3, 0.4) is 0 Å². The first kappa shape index (κ1) is 13.5. The summed E-state index contributed by atoms with van der Waals surface area (Å²) in [6, 6.07) is 0.171. The minimum absolute atomic E-state index is 0.157. The first-order valence-electron chi connectivity index (χ1n) is 6.51. The van der Waals surface area contributed by atoms with Gasteiger partial charge in [-0.2, -0.15) is 0 Å². The second-order valence-electron chi connectivity index (χ2n) is 5.74. The van der Waals surface area contributed by atoms with Crippen molar-refractivity contribution < 1.29 is 4.79 Å². The van der Waals surface area contributed by atoms with E-state index in [0.29, 0.717) is 30.7 Å². The van der Waals surface area contributed by atoms with Crippen LogP contribution >= 0.6 is 0 Å². The second kappa shape index (κ2) is 6.24. The third-order valence-electron chi connectivity index (χ3n) is 3.17. The third kappa shape index (κ3) is 5.50. The molecule has 3 N–H and O–H groups in total. The van der Waals surface area contributed by atoms with E-state index in [9.17, 15) is 4.79 Å². The van der Waals surface area contributed by atoms with E-state index in [1.54, 1.807) is 0 Å². The molecule has 94 valence electrons. The predicted octanol–water partition coefficient (Wildman–Crippen LogP) is 1.91. The van der Waals surface area contributed by atoms with E-state index in [0.717, 1.165) is 6.42 Å². The second-order valence-corrected chi connectivity index (χ2v) is 5.74. The Morgan fingerprint density at radius 2 is 2.00 bits per heavy atom. The van der Waals surface area contributed by atoms with Gasteiger partial charge in [0.2, 0.25) is 5.91 Å². The van der Waals surface area contributed by atoms with E-state index in [1.165, 1.54) is 12.8 Å². The van der Waals surface area contributed by atoms with Gasteiger partial charge in [0, 0.05) is 19.0 Å². The quantitative estimate of drug-likeness (QED) is 0.697. The van der Waals surface area contributed by atoms with E-state index in [-0.39, 0.29) is 11.9 Å². The first-order valence-corrected chi connectivity index (χ1v) is 6.51. The molecule has 3 nitrogen and oxygen atoms in total. The third-order valence-corrected chi connectivity index (χ3v) is 3.17. The molecule has 1 amide bonds. The van der Waals surface area contributed by atoms with Crippen molar-refractivity contribution in [2.75, 3.05) is 6.54 Å². The van der Waals surface area contributed by atoms with Crippen molar-refractivity contribution in [1.82, 2.24) is 5.32 Å². The number of hydrogen-bond acceptors (Lipinski definition) is 2. The maximum absolute atomic E-state index is 11.6. The summed E-state index contributed by atoms with van der Waals surface area (Å²) in [4.78, 5) is 11.6. The number of nitrogens with two attached hydrogens (primary N) is 1. The zero-order chi connectivity index (χ0) is 12.1. The number of hydrogen-bond donors (Lipinski definition) is 2. The number of carbonyl (C=O) groups excluding carboxylic acids is 1. The van der Waals surface area contributed by atoms with Crippen LogP contribution in [0, 0.1) is 17.8 Å². The molecule has 0 aromatic carbocycles. The normalized spacial score (nSPS) is 19.6. The highest BCUT2D eigenvalue weighted by molar-refractivity contribution is 5.76. The molecule has 2 atom stereocenters. The first-order chi connectivity index (χ1) is 7.49.